The number of rotatable bonds is 7. The van der Waals surface area contributed by atoms with E-state index in [0.717, 1.165) is 17.7 Å². The fourth-order valence-electron chi connectivity index (χ4n) is 3.34. The quantitative estimate of drug-likeness (QED) is 0.267. The maximum Gasteiger partial charge on any atom is 0.270 e. The lowest BCUT2D eigenvalue weighted by molar-refractivity contribution is 0.102. The Kier molecular flexibility index (Phi) is 7.42. The first-order valence-corrected chi connectivity index (χ1v) is 11.5. The van der Waals surface area contributed by atoms with Crippen molar-refractivity contribution in [1.82, 2.24) is 9.97 Å². The van der Waals surface area contributed by atoms with Gasteiger partial charge in [-0.2, -0.15) is 5.26 Å². The Bertz CT molecular complexity index is 1550. The molecular formula is C26H18F2N4O3S. The fourth-order valence-corrected chi connectivity index (χ4v) is 4.14. The average molecular weight is 505 g/mol. The van der Waals surface area contributed by atoms with Crippen LogP contribution in [-0.4, -0.2) is 23.0 Å². The molecule has 0 atom stereocenters. The molecule has 1 amide bonds. The number of nitrogens with one attached hydrogen (secondary N) is 2. The minimum absolute atomic E-state index is 0.0156. The first-order chi connectivity index (χ1) is 17.4. The van der Waals surface area contributed by atoms with E-state index in [2.05, 4.69) is 15.3 Å². The monoisotopic (exact) mass is 504 g/mol. The third-order valence-electron chi connectivity index (χ3n) is 5.09. The third kappa shape index (κ3) is 5.59. The van der Waals surface area contributed by atoms with Gasteiger partial charge in [-0.1, -0.05) is 36.0 Å². The number of thioether (sulfide) groups is 1. The maximum absolute atomic E-state index is 13.4. The highest BCUT2D eigenvalue weighted by atomic mass is 32.2. The number of carbonyl (C=O) groups excluding carboxylic acids is 1. The summed E-state index contributed by atoms with van der Waals surface area (Å²) in [4.78, 5) is 32.0. The SMILES string of the molecule is COc1cccc(-c2nc(SCc3cccc(NC(=O)c4ccc(F)c(F)c4)c3)[nH]c(=O)c2C#N)c1. The smallest absolute Gasteiger partial charge is 0.270 e. The number of hydrogen-bond acceptors (Lipinski definition) is 6. The molecule has 0 spiro atoms. The van der Waals surface area contributed by atoms with Crippen LogP contribution in [0.4, 0.5) is 14.5 Å². The Balaban J connectivity index is 1.52. The second kappa shape index (κ2) is 10.8. The van der Waals surface area contributed by atoms with E-state index in [1.165, 1.54) is 24.9 Å². The number of hydrogen-bond donors (Lipinski definition) is 2. The largest absolute Gasteiger partial charge is 0.497 e. The average Bonchev–Trinajstić information content (AvgIpc) is 2.89. The van der Waals surface area contributed by atoms with Crippen LogP contribution in [0.5, 0.6) is 5.75 Å². The van der Waals surface area contributed by atoms with E-state index in [4.69, 9.17) is 4.74 Å². The van der Waals surface area contributed by atoms with Crippen molar-refractivity contribution in [3.8, 4) is 23.1 Å². The Morgan fingerprint density at radius 2 is 1.92 bits per heavy atom. The van der Waals surface area contributed by atoms with Crippen LogP contribution in [0, 0.1) is 23.0 Å². The molecule has 10 heteroatoms. The van der Waals surface area contributed by atoms with Crippen LogP contribution < -0.4 is 15.6 Å². The molecule has 0 aliphatic rings. The lowest BCUT2D eigenvalue weighted by atomic mass is 10.1. The number of H-pyrrole nitrogens is 1. The van der Waals surface area contributed by atoms with Crippen molar-refractivity contribution in [3.05, 3.63) is 105 Å². The molecule has 1 heterocycles. The molecular weight excluding hydrogens is 486 g/mol. The summed E-state index contributed by atoms with van der Waals surface area (Å²) in [5, 5.41) is 12.4. The van der Waals surface area contributed by atoms with Gasteiger partial charge in [0.15, 0.2) is 16.8 Å². The van der Waals surface area contributed by atoms with Crippen molar-refractivity contribution in [1.29, 1.82) is 5.26 Å². The summed E-state index contributed by atoms with van der Waals surface area (Å²) in [6.07, 6.45) is 0. The molecule has 0 saturated carbocycles. The Labute approximate surface area is 208 Å². The van der Waals surface area contributed by atoms with E-state index in [1.54, 1.807) is 42.5 Å². The third-order valence-corrected chi connectivity index (χ3v) is 6.04. The number of halogens is 2. The molecule has 0 radical (unpaired) electrons. The fraction of sp³-hybridized carbons (Fsp3) is 0.0769. The first kappa shape index (κ1) is 24.6. The lowest BCUT2D eigenvalue weighted by Gasteiger charge is -2.09. The molecule has 0 unspecified atom stereocenters. The molecule has 7 nitrogen and oxygen atoms in total. The zero-order valence-corrected chi connectivity index (χ0v) is 19.7. The number of ether oxygens (including phenoxy) is 1. The van der Waals surface area contributed by atoms with Crippen molar-refractivity contribution in [2.45, 2.75) is 10.9 Å². The summed E-state index contributed by atoms with van der Waals surface area (Å²) in [5.41, 5.74) is 1.41. The van der Waals surface area contributed by atoms with Gasteiger partial charge in [0.05, 0.1) is 12.8 Å². The number of methoxy groups -OCH3 is 1. The van der Waals surface area contributed by atoms with Gasteiger partial charge in [0.1, 0.15) is 17.4 Å². The number of amides is 1. The second-order valence-corrected chi connectivity index (χ2v) is 8.47. The van der Waals surface area contributed by atoms with Crippen LogP contribution >= 0.6 is 11.8 Å². The summed E-state index contributed by atoms with van der Waals surface area (Å²) in [6, 6.07) is 18.7. The lowest BCUT2D eigenvalue weighted by Crippen LogP contribution is -2.14. The molecule has 0 bridgehead atoms. The van der Waals surface area contributed by atoms with Crippen LogP contribution in [0.15, 0.2) is 76.7 Å². The Morgan fingerprint density at radius 1 is 1.11 bits per heavy atom. The molecule has 1 aromatic heterocycles. The van der Waals surface area contributed by atoms with Crippen molar-refractivity contribution < 1.29 is 18.3 Å². The normalized spacial score (nSPS) is 10.5. The zero-order valence-electron chi connectivity index (χ0n) is 18.8. The Morgan fingerprint density at radius 3 is 2.67 bits per heavy atom. The van der Waals surface area contributed by atoms with Gasteiger partial charge in [0, 0.05) is 22.6 Å². The van der Waals surface area contributed by atoms with Crippen LogP contribution in [0.1, 0.15) is 21.5 Å². The predicted molar refractivity (Wildman–Crippen MR) is 132 cm³/mol. The number of nitrogens with zero attached hydrogens (tertiary/aromatic N) is 2. The molecule has 4 rings (SSSR count). The van der Waals surface area contributed by atoms with E-state index in [9.17, 15) is 23.6 Å². The minimum atomic E-state index is -1.11. The van der Waals surface area contributed by atoms with Gasteiger partial charge in [-0.05, 0) is 48.0 Å². The second-order valence-electron chi connectivity index (χ2n) is 7.51. The molecule has 0 fully saturated rings. The number of anilines is 1. The molecule has 2 N–H and O–H groups in total. The van der Waals surface area contributed by atoms with Gasteiger partial charge in [-0.3, -0.25) is 9.59 Å². The molecule has 3 aromatic carbocycles. The standard InChI is InChI=1S/C26H18F2N4O3S/c1-35-19-7-3-5-16(11-19)23-20(13-29)25(34)32-26(31-23)36-14-15-4-2-6-18(10-15)30-24(33)17-8-9-21(27)22(28)12-17/h2-12H,14H2,1H3,(H,30,33)(H,31,32,34). The highest BCUT2D eigenvalue weighted by Gasteiger charge is 2.15. The zero-order chi connectivity index (χ0) is 25.7. The number of benzene rings is 3. The summed E-state index contributed by atoms with van der Waals surface area (Å²) >= 11 is 1.24. The summed E-state index contributed by atoms with van der Waals surface area (Å²) in [5.74, 6) is -1.77. The molecule has 0 aliphatic heterocycles. The van der Waals surface area contributed by atoms with Gasteiger partial charge in [0.25, 0.3) is 11.5 Å². The number of aromatic amines is 1. The van der Waals surface area contributed by atoms with Crippen LogP contribution in [-0.2, 0) is 5.75 Å². The Hall–Kier alpha value is -4.49. The van der Waals surface area contributed by atoms with Crippen molar-refractivity contribution >= 4 is 23.4 Å². The number of aromatic nitrogens is 2. The summed E-state index contributed by atoms with van der Waals surface area (Å²) in [6.45, 7) is 0. The number of carbonyl (C=O) groups is 1. The highest BCUT2D eigenvalue weighted by Crippen LogP contribution is 2.27. The topological polar surface area (TPSA) is 108 Å². The van der Waals surface area contributed by atoms with E-state index in [1.807, 2.05) is 12.1 Å². The van der Waals surface area contributed by atoms with Gasteiger partial charge in [-0.15, -0.1) is 0 Å². The summed E-state index contributed by atoms with van der Waals surface area (Å²) in [7, 11) is 1.52. The first-order valence-electron chi connectivity index (χ1n) is 10.5. The van der Waals surface area contributed by atoms with Gasteiger partial charge < -0.3 is 15.0 Å². The maximum atomic E-state index is 13.4. The predicted octanol–water partition coefficient (Wildman–Crippen LogP) is 5.14. The van der Waals surface area contributed by atoms with Gasteiger partial charge in [-0.25, -0.2) is 13.8 Å². The van der Waals surface area contributed by atoms with E-state index < -0.39 is 23.1 Å². The molecule has 4 aromatic rings. The van der Waals surface area contributed by atoms with Crippen molar-refractivity contribution in [3.63, 3.8) is 0 Å². The van der Waals surface area contributed by atoms with Crippen LogP contribution in [0.2, 0.25) is 0 Å². The molecule has 0 saturated heterocycles. The molecule has 180 valence electrons. The highest BCUT2D eigenvalue weighted by molar-refractivity contribution is 7.98. The van der Waals surface area contributed by atoms with E-state index in [-0.39, 0.29) is 16.8 Å². The van der Waals surface area contributed by atoms with Crippen molar-refractivity contribution in [2.75, 3.05) is 12.4 Å². The number of nitriles is 1. The molecule has 36 heavy (non-hydrogen) atoms. The summed E-state index contributed by atoms with van der Waals surface area (Å²) < 4.78 is 31.8. The van der Waals surface area contributed by atoms with Crippen LogP contribution in [0.25, 0.3) is 11.3 Å². The van der Waals surface area contributed by atoms with Crippen molar-refractivity contribution in [2.24, 2.45) is 0 Å². The molecule has 0 aliphatic carbocycles. The van der Waals surface area contributed by atoms with E-state index in [0.29, 0.717) is 27.9 Å². The van der Waals surface area contributed by atoms with Gasteiger partial charge in [0.2, 0.25) is 0 Å². The minimum Gasteiger partial charge on any atom is -0.497 e. The van der Waals surface area contributed by atoms with E-state index >= 15 is 0 Å². The van der Waals surface area contributed by atoms with Crippen LogP contribution in [0.3, 0.4) is 0 Å². The van der Waals surface area contributed by atoms with Gasteiger partial charge >= 0.3 is 0 Å².